The minimum absolute atomic E-state index is 0.109. The highest BCUT2D eigenvalue weighted by Gasteiger charge is 2.39. The molecule has 4 aliphatic rings. The number of carbonyl (C=O) groups excluding carboxylic acids is 3. The first-order valence-corrected chi connectivity index (χ1v) is 11.0. The minimum Gasteiger partial charge on any atom is -0.370 e. The summed E-state index contributed by atoms with van der Waals surface area (Å²) in [5, 5.41) is 5.71. The average Bonchev–Trinajstić information content (AvgIpc) is 2.87. The first kappa shape index (κ1) is 19.5. The van der Waals surface area contributed by atoms with Crippen LogP contribution in [0.4, 0.5) is 5.69 Å². The molecule has 0 bridgehead atoms. The number of hydrogen-bond acceptors (Lipinski definition) is 6. The molecule has 3 fully saturated rings. The van der Waals surface area contributed by atoms with E-state index in [2.05, 4.69) is 26.5 Å². The molecule has 3 amide bonds. The summed E-state index contributed by atoms with van der Waals surface area (Å²) in [6.45, 7) is 8.11. The van der Waals surface area contributed by atoms with Crippen molar-refractivity contribution >= 4 is 23.4 Å². The zero-order chi connectivity index (χ0) is 20.7. The van der Waals surface area contributed by atoms with Gasteiger partial charge in [0.25, 0.3) is 5.91 Å². The molecular formula is C22H29N5O3. The fraction of sp³-hybridized carbons (Fsp3) is 0.591. The molecule has 5 rings (SSSR count). The Hall–Kier alpha value is -2.45. The molecular weight excluding hydrogens is 382 g/mol. The maximum Gasteiger partial charge on any atom is 0.255 e. The van der Waals surface area contributed by atoms with E-state index >= 15 is 0 Å². The number of anilines is 1. The number of carbonyl (C=O) groups is 3. The van der Waals surface area contributed by atoms with Crippen LogP contribution in [0.15, 0.2) is 18.2 Å². The lowest BCUT2D eigenvalue weighted by Gasteiger charge is -2.32. The number of benzene rings is 1. The van der Waals surface area contributed by atoms with Gasteiger partial charge in [-0.3, -0.25) is 19.7 Å². The van der Waals surface area contributed by atoms with E-state index in [1.165, 1.54) is 6.54 Å². The Morgan fingerprint density at radius 1 is 1.03 bits per heavy atom. The van der Waals surface area contributed by atoms with Crippen molar-refractivity contribution in [3.63, 3.8) is 0 Å². The molecule has 0 radical (unpaired) electrons. The zero-order valence-electron chi connectivity index (χ0n) is 17.2. The van der Waals surface area contributed by atoms with E-state index in [-0.39, 0.29) is 24.1 Å². The molecule has 8 heteroatoms. The molecule has 0 saturated carbocycles. The zero-order valence-corrected chi connectivity index (χ0v) is 17.2. The van der Waals surface area contributed by atoms with Crippen molar-refractivity contribution in [1.29, 1.82) is 0 Å². The summed E-state index contributed by atoms with van der Waals surface area (Å²) in [5.41, 5.74) is 2.81. The molecule has 3 saturated heterocycles. The van der Waals surface area contributed by atoms with Gasteiger partial charge in [-0.1, -0.05) is 0 Å². The number of amides is 3. The Balaban J connectivity index is 1.26. The summed E-state index contributed by atoms with van der Waals surface area (Å²) in [7, 11) is 0. The second-order valence-corrected chi connectivity index (χ2v) is 8.91. The molecule has 4 aliphatic heterocycles. The molecule has 1 aromatic carbocycles. The van der Waals surface area contributed by atoms with Gasteiger partial charge in [0.05, 0.1) is 0 Å². The second-order valence-electron chi connectivity index (χ2n) is 8.91. The fourth-order valence-electron chi connectivity index (χ4n) is 5.01. The van der Waals surface area contributed by atoms with Gasteiger partial charge in [-0.2, -0.15) is 0 Å². The van der Waals surface area contributed by atoms with Crippen LogP contribution in [0.3, 0.4) is 0 Å². The lowest BCUT2D eigenvalue weighted by atomic mass is 10.0. The summed E-state index contributed by atoms with van der Waals surface area (Å²) >= 11 is 0. The van der Waals surface area contributed by atoms with Gasteiger partial charge in [-0.15, -0.1) is 0 Å². The van der Waals surface area contributed by atoms with Crippen LogP contribution in [0.5, 0.6) is 0 Å². The quantitative estimate of drug-likeness (QED) is 0.688. The van der Waals surface area contributed by atoms with Gasteiger partial charge in [0.1, 0.15) is 6.04 Å². The maximum absolute atomic E-state index is 12.9. The first-order valence-electron chi connectivity index (χ1n) is 11.0. The smallest absolute Gasteiger partial charge is 0.255 e. The fourth-order valence-corrected chi connectivity index (χ4v) is 5.01. The van der Waals surface area contributed by atoms with Crippen molar-refractivity contribution in [2.45, 2.75) is 31.8 Å². The minimum atomic E-state index is -0.557. The van der Waals surface area contributed by atoms with Gasteiger partial charge in [-0.05, 0) is 49.1 Å². The van der Waals surface area contributed by atoms with Crippen LogP contribution in [0, 0.1) is 5.92 Å². The Morgan fingerprint density at radius 3 is 2.67 bits per heavy atom. The van der Waals surface area contributed by atoms with Gasteiger partial charge in [0.15, 0.2) is 0 Å². The number of rotatable bonds is 4. The standard InChI is InChI=1S/C22H29N5O3/c28-20-5-4-19(21(29)24-20)27-14-16-10-17(2-3-18(16)22(27)30)26-7-1-6-25(8-9-26)13-15-11-23-12-15/h2-3,10,15,19,23H,1,4-9,11-14H2,(H,24,28,29). The van der Waals surface area contributed by atoms with Gasteiger partial charge < -0.3 is 20.0 Å². The van der Waals surface area contributed by atoms with Gasteiger partial charge >= 0.3 is 0 Å². The molecule has 1 unspecified atom stereocenters. The van der Waals surface area contributed by atoms with Crippen LogP contribution in [0.2, 0.25) is 0 Å². The Labute approximate surface area is 176 Å². The third kappa shape index (κ3) is 3.70. The summed E-state index contributed by atoms with van der Waals surface area (Å²) < 4.78 is 0. The summed E-state index contributed by atoms with van der Waals surface area (Å²) in [5.74, 6) is 0.0661. The Bertz CT molecular complexity index is 868. The summed E-state index contributed by atoms with van der Waals surface area (Å²) in [6.07, 6.45) is 1.82. The van der Waals surface area contributed by atoms with Gasteiger partial charge in [-0.25, -0.2) is 0 Å². The van der Waals surface area contributed by atoms with Crippen LogP contribution in [0.25, 0.3) is 0 Å². The van der Waals surface area contributed by atoms with Crippen molar-refractivity contribution in [1.82, 2.24) is 20.4 Å². The second kappa shape index (κ2) is 8.00. The van der Waals surface area contributed by atoms with E-state index in [1.54, 1.807) is 4.90 Å². The van der Waals surface area contributed by atoms with Crippen molar-refractivity contribution in [2.24, 2.45) is 5.92 Å². The van der Waals surface area contributed by atoms with E-state index in [4.69, 9.17) is 0 Å². The van der Waals surface area contributed by atoms with Gasteiger partial charge in [0, 0.05) is 63.5 Å². The summed E-state index contributed by atoms with van der Waals surface area (Å²) in [4.78, 5) is 43.2. The van der Waals surface area contributed by atoms with Crippen LogP contribution >= 0.6 is 0 Å². The van der Waals surface area contributed by atoms with E-state index in [1.807, 2.05) is 12.1 Å². The van der Waals surface area contributed by atoms with Crippen molar-refractivity contribution in [3.05, 3.63) is 29.3 Å². The molecule has 160 valence electrons. The van der Waals surface area contributed by atoms with Gasteiger partial charge in [0.2, 0.25) is 11.8 Å². The Kier molecular flexibility index (Phi) is 5.20. The average molecular weight is 412 g/mol. The molecule has 0 spiro atoms. The van der Waals surface area contributed by atoms with Crippen LogP contribution in [-0.4, -0.2) is 79.4 Å². The molecule has 0 aromatic heterocycles. The van der Waals surface area contributed by atoms with Crippen LogP contribution < -0.4 is 15.5 Å². The maximum atomic E-state index is 12.9. The SMILES string of the molecule is O=C1CCC(N2Cc3cc(N4CCCN(CC5CNC5)CC4)ccc3C2=O)C(=O)N1. The number of fused-ring (bicyclic) bond motifs is 1. The highest BCUT2D eigenvalue weighted by Crippen LogP contribution is 2.31. The van der Waals surface area contributed by atoms with Crippen molar-refractivity contribution in [3.8, 4) is 0 Å². The van der Waals surface area contributed by atoms with Crippen LogP contribution in [0.1, 0.15) is 35.2 Å². The van der Waals surface area contributed by atoms with E-state index in [0.29, 0.717) is 18.5 Å². The normalized spacial score (nSPS) is 25.7. The number of nitrogens with one attached hydrogen (secondary N) is 2. The number of hydrogen-bond donors (Lipinski definition) is 2. The monoisotopic (exact) mass is 411 g/mol. The van der Waals surface area contributed by atoms with Crippen molar-refractivity contribution in [2.75, 3.05) is 50.7 Å². The van der Waals surface area contributed by atoms with E-state index in [0.717, 1.165) is 62.9 Å². The largest absolute Gasteiger partial charge is 0.370 e. The highest BCUT2D eigenvalue weighted by atomic mass is 16.2. The molecule has 0 aliphatic carbocycles. The van der Waals surface area contributed by atoms with Crippen LogP contribution in [-0.2, 0) is 16.1 Å². The molecule has 2 N–H and O–H groups in total. The number of imide groups is 1. The first-order chi connectivity index (χ1) is 14.6. The molecule has 1 aromatic rings. The predicted octanol–water partition coefficient (Wildman–Crippen LogP) is 0.179. The van der Waals surface area contributed by atoms with Crippen molar-refractivity contribution < 1.29 is 14.4 Å². The summed E-state index contributed by atoms with van der Waals surface area (Å²) in [6, 6.07) is 5.50. The Morgan fingerprint density at radius 2 is 1.90 bits per heavy atom. The van der Waals surface area contributed by atoms with E-state index in [9.17, 15) is 14.4 Å². The lowest BCUT2D eigenvalue weighted by Crippen LogP contribution is -2.52. The molecule has 1 atom stereocenters. The lowest BCUT2D eigenvalue weighted by molar-refractivity contribution is -0.136. The molecule has 8 nitrogen and oxygen atoms in total. The topological polar surface area (TPSA) is 85.0 Å². The third-order valence-corrected chi connectivity index (χ3v) is 6.84. The molecule has 30 heavy (non-hydrogen) atoms. The predicted molar refractivity (Wildman–Crippen MR) is 112 cm³/mol. The number of piperidine rings is 1. The molecule has 4 heterocycles. The highest BCUT2D eigenvalue weighted by molar-refractivity contribution is 6.05. The number of nitrogens with zero attached hydrogens (tertiary/aromatic N) is 3. The third-order valence-electron chi connectivity index (χ3n) is 6.84. The van der Waals surface area contributed by atoms with E-state index < -0.39 is 6.04 Å².